The molecule has 0 saturated carbocycles. The van der Waals surface area contributed by atoms with Crippen LogP contribution in [0.5, 0.6) is 0 Å². The Morgan fingerprint density at radius 2 is 1.90 bits per heavy atom. The summed E-state index contributed by atoms with van der Waals surface area (Å²) >= 11 is 0. The van der Waals surface area contributed by atoms with Crippen molar-refractivity contribution in [3.63, 3.8) is 0 Å². The minimum atomic E-state index is -3.51. The number of aliphatic hydroxyl groups excluding tert-OH is 1. The topological polar surface area (TPSA) is 66.8 Å². The lowest BCUT2D eigenvalue weighted by molar-refractivity contribution is -0.0170. The largest absolute Gasteiger partial charge is 0.389 e. The number of rotatable bonds is 3. The van der Waals surface area contributed by atoms with E-state index < -0.39 is 16.1 Å². The maximum atomic E-state index is 12.6. The highest BCUT2D eigenvalue weighted by molar-refractivity contribution is 7.89. The molecule has 5 nitrogen and oxygen atoms in total. The second-order valence-electron chi connectivity index (χ2n) is 5.31. The van der Waals surface area contributed by atoms with Gasteiger partial charge in [-0.1, -0.05) is 12.1 Å². The maximum absolute atomic E-state index is 12.6. The molecule has 1 aliphatic heterocycles. The van der Waals surface area contributed by atoms with Crippen molar-refractivity contribution in [1.82, 2.24) is 4.31 Å². The maximum Gasteiger partial charge on any atom is 0.243 e. The van der Waals surface area contributed by atoms with Gasteiger partial charge in [-0.2, -0.15) is 4.31 Å². The van der Waals surface area contributed by atoms with Crippen molar-refractivity contribution in [2.75, 3.05) is 13.2 Å². The molecule has 0 radical (unpaired) electrons. The third-order valence-corrected chi connectivity index (χ3v) is 5.51. The van der Waals surface area contributed by atoms with Gasteiger partial charge in [0.25, 0.3) is 0 Å². The number of morpholine rings is 1. The van der Waals surface area contributed by atoms with Crippen LogP contribution < -0.4 is 0 Å². The molecule has 0 amide bonds. The predicted octanol–water partition coefficient (Wildman–Crippen LogP) is 1.54. The lowest BCUT2D eigenvalue weighted by atomic mass is 10.1. The van der Waals surface area contributed by atoms with Gasteiger partial charge >= 0.3 is 0 Å². The Kier molecular flexibility index (Phi) is 4.49. The average Bonchev–Trinajstić information content (AvgIpc) is 2.41. The first-order valence-electron chi connectivity index (χ1n) is 6.74. The van der Waals surface area contributed by atoms with Crippen molar-refractivity contribution in [1.29, 1.82) is 0 Å². The van der Waals surface area contributed by atoms with Crippen molar-refractivity contribution in [3.8, 4) is 0 Å². The van der Waals surface area contributed by atoms with E-state index in [4.69, 9.17) is 4.74 Å². The highest BCUT2D eigenvalue weighted by atomic mass is 32.2. The third-order valence-electron chi connectivity index (χ3n) is 3.52. The van der Waals surface area contributed by atoms with E-state index in [1.54, 1.807) is 31.2 Å². The summed E-state index contributed by atoms with van der Waals surface area (Å²) < 4.78 is 32.2. The highest BCUT2D eigenvalue weighted by Crippen LogP contribution is 2.23. The molecule has 6 heteroatoms. The van der Waals surface area contributed by atoms with Crippen LogP contribution in [0.4, 0.5) is 0 Å². The first kappa shape index (κ1) is 15.4. The SMILES string of the molecule is CC1CN(S(=O)(=O)c2ccc(C(C)O)cc2)C(C)CO1. The minimum absolute atomic E-state index is 0.0993. The Bertz CT molecular complexity index is 553. The second-order valence-corrected chi connectivity index (χ2v) is 7.20. The van der Waals surface area contributed by atoms with Gasteiger partial charge in [0.15, 0.2) is 0 Å². The van der Waals surface area contributed by atoms with Gasteiger partial charge in [0.1, 0.15) is 0 Å². The van der Waals surface area contributed by atoms with Crippen LogP contribution in [0.1, 0.15) is 32.4 Å². The first-order chi connectivity index (χ1) is 9.32. The van der Waals surface area contributed by atoms with Crippen LogP contribution in [0, 0.1) is 0 Å². The van der Waals surface area contributed by atoms with Crippen LogP contribution in [-0.2, 0) is 14.8 Å². The van der Waals surface area contributed by atoms with Crippen molar-refractivity contribution >= 4 is 10.0 Å². The summed E-state index contributed by atoms with van der Waals surface area (Å²) in [6, 6.07) is 6.21. The molecule has 0 aromatic heterocycles. The Hall–Kier alpha value is -0.950. The van der Waals surface area contributed by atoms with Gasteiger partial charge in [0.2, 0.25) is 10.0 Å². The molecular weight excluding hydrogens is 278 g/mol. The number of aliphatic hydroxyl groups is 1. The second kappa shape index (κ2) is 5.81. The number of hydrogen-bond acceptors (Lipinski definition) is 4. The van der Waals surface area contributed by atoms with Crippen LogP contribution >= 0.6 is 0 Å². The summed E-state index contributed by atoms with van der Waals surface area (Å²) in [5, 5.41) is 9.47. The third kappa shape index (κ3) is 3.03. The van der Waals surface area contributed by atoms with Gasteiger partial charge in [-0.15, -0.1) is 0 Å². The number of nitrogens with zero attached hydrogens (tertiary/aromatic N) is 1. The van der Waals surface area contributed by atoms with Crippen LogP contribution in [0.2, 0.25) is 0 Å². The monoisotopic (exact) mass is 299 g/mol. The summed E-state index contributed by atoms with van der Waals surface area (Å²) in [4.78, 5) is 0.253. The lowest BCUT2D eigenvalue weighted by Crippen LogP contribution is -2.50. The molecule has 0 bridgehead atoms. The summed E-state index contributed by atoms with van der Waals surface area (Å²) in [6.45, 7) is 6.13. The first-order valence-corrected chi connectivity index (χ1v) is 8.18. The van der Waals surface area contributed by atoms with E-state index in [1.807, 2.05) is 13.8 Å². The van der Waals surface area contributed by atoms with Gasteiger partial charge in [-0.25, -0.2) is 8.42 Å². The fraction of sp³-hybridized carbons (Fsp3) is 0.571. The van der Waals surface area contributed by atoms with Crippen LogP contribution in [0.25, 0.3) is 0 Å². The number of sulfonamides is 1. The van der Waals surface area contributed by atoms with E-state index >= 15 is 0 Å². The summed E-state index contributed by atoms with van der Waals surface area (Å²) in [5.74, 6) is 0. The van der Waals surface area contributed by atoms with Gasteiger partial charge < -0.3 is 9.84 Å². The molecule has 1 aromatic rings. The minimum Gasteiger partial charge on any atom is -0.389 e. The summed E-state index contributed by atoms with van der Waals surface area (Å²) in [7, 11) is -3.51. The van der Waals surface area contributed by atoms with E-state index in [1.165, 1.54) is 4.31 Å². The molecule has 3 atom stereocenters. The van der Waals surface area contributed by atoms with Gasteiger partial charge in [-0.3, -0.25) is 0 Å². The number of ether oxygens (including phenoxy) is 1. The summed E-state index contributed by atoms with van der Waals surface area (Å²) in [5.41, 5.74) is 0.701. The molecule has 112 valence electrons. The van der Waals surface area contributed by atoms with Crippen LogP contribution in [-0.4, -0.2) is 43.1 Å². The zero-order valence-electron chi connectivity index (χ0n) is 12.0. The Balaban J connectivity index is 2.29. The molecule has 1 saturated heterocycles. The molecule has 0 aliphatic carbocycles. The van der Waals surface area contributed by atoms with Gasteiger partial charge in [-0.05, 0) is 38.5 Å². The standard InChI is InChI=1S/C14H21NO4S/c1-10-9-19-11(2)8-15(10)20(17,18)14-6-4-13(5-7-14)12(3)16/h4-7,10-12,16H,8-9H2,1-3H3. The van der Waals surface area contributed by atoms with E-state index in [2.05, 4.69) is 0 Å². The Morgan fingerprint density at radius 3 is 2.45 bits per heavy atom. The van der Waals surface area contributed by atoms with E-state index in [0.717, 1.165) is 0 Å². The fourth-order valence-electron chi connectivity index (χ4n) is 2.26. The molecule has 1 fully saturated rings. The molecular formula is C14H21NO4S. The molecule has 20 heavy (non-hydrogen) atoms. The Morgan fingerprint density at radius 1 is 1.30 bits per heavy atom. The quantitative estimate of drug-likeness (QED) is 0.919. The van der Waals surface area contributed by atoms with E-state index in [-0.39, 0.29) is 17.0 Å². The Labute approximate surface area is 120 Å². The van der Waals surface area contributed by atoms with Crippen molar-refractivity contribution < 1.29 is 18.3 Å². The highest BCUT2D eigenvalue weighted by Gasteiger charge is 2.34. The average molecular weight is 299 g/mol. The normalized spacial score (nSPS) is 26.4. The van der Waals surface area contributed by atoms with E-state index in [0.29, 0.717) is 18.7 Å². The molecule has 3 unspecified atom stereocenters. The van der Waals surface area contributed by atoms with Crippen LogP contribution in [0.15, 0.2) is 29.2 Å². The molecule has 1 N–H and O–H groups in total. The molecule has 1 heterocycles. The zero-order chi connectivity index (χ0) is 14.9. The number of hydrogen-bond donors (Lipinski definition) is 1. The number of benzene rings is 1. The predicted molar refractivity (Wildman–Crippen MR) is 75.8 cm³/mol. The summed E-state index contributed by atoms with van der Waals surface area (Å²) in [6.07, 6.45) is -0.702. The fourth-order valence-corrected chi connectivity index (χ4v) is 3.95. The molecule has 0 spiro atoms. The zero-order valence-corrected chi connectivity index (χ0v) is 12.8. The van der Waals surface area contributed by atoms with Crippen molar-refractivity contribution in [3.05, 3.63) is 29.8 Å². The van der Waals surface area contributed by atoms with E-state index in [9.17, 15) is 13.5 Å². The van der Waals surface area contributed by atoms with Crippen molar-refractivity contribution in [2.45, 2.75) is 43.9 Å². The molecule has 1 aromatic carbocycles. The van der Waals surface area contributed by atoms with Gasteiger partial charge in [0, 0.05) is 12.6 Å². The molecule has 1 aliphatic rings. The smallest absolute Gasteiger partial charge is 0.243 e. The van der Waals surface area contributed by atoms with Crippen molar-refractivity contribution in [2.24, 2.45) is 0 Å². The van der Waals surface area contributed by atoms with Crippen LogP contribution in [0.3, 0.4) is 0 Å². The van der Waals surface area contributed by atoms with Gasteiger partial charge in [0.05, 0.1) is 23.7 Å². The lowest BCUT2D eigenvalue weighted by Gasteiger charge is -2.35. The molecule has 2 rings (SSSR count).